The molecule has 0 atom stereocenters. The number of hydrogen-bond donors (Lipinski definition) is 0. The van der Waals surface area contributed by atoms with Crippen LogP contribution in [0.3, 0.4) is 0 Å². The summed E-state index contributed by atoms with van der Waals surface area (Å²) in [6.07, 6.45) is 3.60. The minimum atomic E-state index is -2.84. The van der Waals surface area contributed by atoms with Crippen LogP contribution in [-0.4, -0.2) is 32.6 Å². The highest BCUT2D eigenvalue weighted by molar-refractivity contribution is 7.19. The number of benzene rings is 8. The highest BCUT2D eigenvalue weighted by Gasteiger charge is 2.41. The van der Waals surface area contributed by atoms with E-state index in [9.17, 15) is 0 Å². The van der Waals surface area contributed by atoms with Crippen LogP contribution >= 0.6 is 0 Å². The van der Waals surface area contributed by atoms with E-state index in [4.69, 9.17) is 19.4 Å². The maximum atomic E-state index is 6.34. The van der Waals surface area contributed by atoms with E-state index in [1.54, 1.807) is 6.20 Å². The Kier molecular flexibility index (Phi) is 8.72. The molecule has 6 nitrogen and oxygen atoms in total. The highest BCUT2D eigenvalue weighted by atomic mass is 28.3. The lowest BCUT2D eigenvalue weighted by Gasteiger charge is -2.34. The highest BCUT2D eigenvalue weighted by Crippen LogP contribution is 2.35. The van der Waals surface area contributed by atoms with Gasteiger partial charge in [0.15, 0.2) is 25.5 Å². The van der Waals surface area contributed by atoms with Crippen molar-refractivity contribution in [3.8, 4) is 39.9 Å². The monoisotopic (exact) mass is 823 g/mol. The smallest absolute Gasteiger partial charge is 0.179 e. The van der Waals surface area contributed by atoms with Crippen LogP contribution in [0.2, 0.25) is 0 Å². The fraction of sp³-hybridized carbons (Fsp3) is 0. The van der Waals surface area contributed by atoms with Crippen LogP contribution in [0.5, 0.6) is 0 Å². The number of pyridine rings is 1. The molecule has 0 aliphatic carbocycles. The zero-order chi connectivity index (χ0) is 41.7. The van der Waals surface area contributed by atoms with E-state index >= 15 is 0 Å². The van der Waals surface area contributed by atoms with Crippen LogP contribution in [0.15, 0.2) is 229 Å². The number of rotatable bonds is 8. The zero-order valence-corrected chi connectivity index (χ0v) is 35.0. The van der Waals surface area contributed by atoms with Crippen LogP contribution in [-0.2, 0) is 0 Å². The summed E-state index contributed by atoms with van der Waals surface area (Å²) < 4.78 is 8.67. The predicted octanol–water partition coefficient (Wildman–Crippen LogP) is 10.6. The SMILES string of the molecule is c1ccc([Si](c2ccccc2)(c2ccccc2)c2cccc(-c3nc(-c4cccc(-n5c6ccccc6c6ccccc65)c4)nc(-c4ccc5c(c4)oc4ccncc45)n3)c2)cc1. The first-order valence-electron chi connectivity index (χ1n) is 21.1. The standard InChI is InChI=1S/C56H37N5OSi/c1-4-19-42(20-5-1)63(43-21-6-2-7-22-43,44-23-8-3-9-24-44)45-25-15-17-39(35-45)55-58-54(59-56(60-55)40-30-31-48-49-37-57-33-32-52(49)62-53(48)36-40)38-16-14-18-41(34-38)61-50-28-12-10-26-46(50)47-27-11-13-29-51(47)61/h1-37H. The largest absolute Gasteiger partial charge is 0.456 e. The Morgan fingerprint density at radius 1 is 0.365 bits per heavy atom. The lowest BCUT2D eigenvalue weighted by atomic mass is 10.1. The molecule has 0 saturated carbocycles. The zero-order valence-electron chi connectivity index (χ0n) is 34.0. The van der Waals surface area contributed by atoms with Gasteiger partial charge in [0.25, 0.3) is 0 Å². The molecule has 0 aliphatic rings. The summed E-state index contributed by atoms with van der Waals surface area (Å²) in [6.45, 7) is 0. The van der Waals surface area contributed by atoms with Gasteiger partial charge in [-0.2, -0.15) is 0 Å². The van der Waals surface area contributed by atoms with E-state index < -0.39 is 8.07 Å². The van der Waals surface area contributed by atoms with Gasteiger partial charge in [-0.05, 0) is 63.2 Å². The van der Waals surface area contributed by atoms with Crippen LogP contribution in [0.4, 0.5) is 0 Å². The van der Waals surface area contributed by atoms with Crippen LogP contribution in [0.1, 0.15) is 0 Å². The summed E-state index contributed by atoms with van der Waals surface area (Å²) in [6, 6.07) is 75.5. The van der Waals surface area contributed by atoms with Gasteiger partial charge in [0.2, 0.25) is 0 Å². The molecule has 0 saturated heterocycles. The van der Waals surface area contributed by atoms with Crippen molar-refractivity contribution >= 4 is 72.6 Å². The second-order valence-electron chi connectivity index (χ2n) is 15.8. The Labute approximate surface area is 364 Å². The molecular formula is C56H37N5OSi. The summed E-state index contributed by atoms with van der Waals surface area (Å²) in [4.78, 5) is 20.2. The summed E-state index contributed by atoms with van der Waals surface area (Å²) in [5.74, 6) is 1.72. The minimum Gasteiger partial charge on any atom is -0.456 e. The third-order valence-electron chi connectivity index (χ3n) is 12.3. The van der Waals surface area contributed by atoms with Crippen LogP contribution in [0, 0.1) is 0 Å². The normalized spacial score (nSPS) is 11.8. The van der Waals surface area contributed by atoms with Gasteiger partial charge < -0.3 is 8.98 Å². The van der Waals surface area contributed by atoms with Crippen molar-refractivity contribution < 1.29 is 4.42 Å². The van der Waals surface area contributed by atoms with Crippen molar-refractivity contribution in [2.75, 3.05) is 0 Å². The molecule has 0 fully saturated rings. The topological polar surface area (TPSA) is 69.6 Å². The molecule has 0 N–H and O–H groups in total. The molecule has 4 aromatic heterocycles. The summed E-state index contributed by atoms with van der Waals surface area (Å²) >= 11 is 0. The summed E-state index contributed by atoms with van der Waals surface area (Å²) in [5, 5.41) is 9.51. The second kappa shape index (κ2) is 15.0. The van der Waals surface area contributed by atoms with Crippen molar-refractivity contribution in [3.63, 3.8) is 0 Å². The molecule has 0 unspecified atom stereocenters. The van der Waals surface area contributed by atoms with Gasteiger partial charge in [0.05, 0.1) is 11.0 Å². The Hall–Kier alpha value is -8.26. The number of furan rings is 1. The molecule has 63 heavy (non-hydrogen) atoms. The van der Waals surface area contributed by atoms with Gasteiger partial charge in [0, 0.05) is 56.3 Å². The number of para-hydroxylation sites is 2. The van der Waals surface area contributed by atoms with Crippen molar-refractivity contribution in [3.05, 3.63) is 225 Å². The first-order chi connectivity index (χ1) is 31.2. The van der Waals surface area contributed by atoms with Crippen molar-refractivity contribution in [1.82, 2.24) is 24.5 Å². The number of fused-ring (bicyclic) bond motifs is 6. The van der Waals surface area contributed by atoms with E-state index in [1.165, 1.54) is 31.5 Å². The number of aromatic nitrogens is 5. The second-order valence-corrected chi connectivity index (χ2v) is 19.6. The maximum absolute atomic E-state index is 6.34. The van der Waals surface area contributed by atoms with Crippen molar-refractivity contribution in [2.24, 2.45) is 0 Å². The molecule has 0 aliphatic heterocycles. The Bertz CT molecular complexity index is 3490. The minimum absolute atomic E-state index is 0.556. The molecule has 4 heterocycles. The first kappa shape index (κ1) is 36.6. The molecule has 296 valence electrons. The van der Waals surface area contributed by atoms with Crippen molar-refractivity contribution in [1.29, 1.82) is 0 Å². The molecular weight excluding hydrogens is 787 g/mol. The van der Waals surface area contributed by atoms with Crippen molar-refractivity contribution in [2.45, 2.75) is 0 Å². The van der Waals surface area contributed by atoms with Crippen LogP contribution in [0.25, 0.3) is 83.6 Å². The molecule has 12 aromatic rings. The van der Waals surface area contributed by atoms with Gasteiger partial charge in [-0.25, -0.2) is 15.0 Å². The first-order valence-corrected chi connectivity index (χ1v) is 23.1. The lowest BCUT2D eigenvalue weighted by Crippen LogP contribution is -2.74. The molecule has 0 bridgehead atoms. The molecule has 0 spiro atoms. The third kappa shape index (κ3) is 6.09. The maximum Gasteiger partial charge on any atom is 0.179 e. The Morgan fingerprint density at radius 3 is 1.48 bits per heavy atom. The third-order valence-corrected chi connectivity index (χ3v) is 17.1. The lowest BCUT2D eigenvalue weighted by molar-refractivity contribution is 0.668. The quantitative estimate of drug-likeness (QED) is 0.113. The van der Waals surface area contributed by atoms with E-state index in [2.05, 4.69) is 210 Å². The fourth-order valence-electron chi connectivity index (χ4n) is 9.46. The van der Waals surface area contributed by atoms with E-state index in [0.29, 0.717) is 17.5 Å². The average Bonchev–Trinajstić information content (AvgIpc) is 3.91. The van der Waals surface area contributed by atoms with Gasteiger partial charge in [-0.1, -0.05) is 170 Å². The number of hydrogen-bond acceptors (Lipinski definition) is 5. The molecule has 8 aromatic carbocycles. The van der Waals surface area contributed by atoms with Gasteiger partial charge in [0.1, 0.15) is 11.2 Å². The molecule has 0 radical (unpaired) electrons. The van der Waals surface area contributed by atoms with Crippen LogP contribution < -0.4 is 20.7 Å². The molecule has 12 rings (SSSR count). The van der Waals surface area contributed by atoms with Gasteiger partial charge >= 0.3 is 0 Å². The molecule has 0 amide bonds. The van der Waals surface area contributed by atoms with Gasteiger partial charge in [-0.15, -0.1) is 0 Å². The van der Waals surface area contributed by atoms with E-state index in [1.807, 2.05) is 18.3 Å². The number of nitrogens with zero attached hydrogens (tertiary/aromatic N) is 5. The molecule has 7 heteroatoms. The van der Waals surface area contributed by atoms with Gasteiger partial charge in [-0.3, -0.25) is 4.98 Å². The average molecular weight is 824 g/mol. The van der Waals surface area contributed by atoms with E-state index in [0.717, 1.165) is 55.3 Å². The predicted molar refractivity (Wildman–Crippen MR) is 259 cm³/mol. The Morgan fingerprint density at radius 2 is 0.873 bits per heavy atom. The van der Waals surface area contributed by atoms with E-state index in [-0.39, 0.29) is 0 Å². The summed E-state index contributed by atoms with van der Waals surface area (Å²) in [7, 11) is -2.84. The Balaban J connectivity index is 1.08. The summed E-state index contributed by atoms with van der Waals surface area (Å²) in [5.41, 5.74) is 7.46. The fourth-order valence-corrected chi connectivity index (χ4v) is 14.3.